The summed E-state index contributed by atoms with van der Waals surface area (Å²) < 4.78 is 26.8. The summed E-state index contributed by atoms with van der Waals surface area (Å²) in [5, 5.41) is 9.00. The highest BCUT2D eigenvalue weighted by molar-refractivity contribution is 8.01. The van der Waals surface area contributed by atoms with E-state index in [1.807, 2.05) is 13.8 Å². The molecule has 2 unspecified atom stereocenters. The van der Waals surface area contributed by atoms with Crippen molar-refractivity contribution in [3.8, 4) is 0 Å². The van der Waals surface area contributed by atoms with Crippen LogP contribution in [0.4, 0.5) is 0 Å². The quantitative estimate of drug-likeness (QED) is 0.897. The Kier molecular flexibility index (Phi) is 4.95. The molecule has 2 rings (SSSR count). The highest BCUT2D eigenvalue weighted by Crippen LogP contribution is 2.36. The number of aliphatic carboxylic acids is 1. The molecule has 1 aromatic carbocycles. The summed E-state index contributed by atoms with van der Waals surface area (Å²) in [7, 11) is -3.79. The minimum absolute atomic E-state index is 0.156. The minimum Gasteiger partial charge on any atom is -0.480 e. The summed E-state index contributed by atoms with van der Waals surface area (Å²) in [5.41, 5.74) is 0.963. The number of hydrogen-bond donors (Lipinski definition) is 1. The summed E-state index contributed by atoms with van der Waals surface area (Å²) in [6.07, 6.45) is 1.46. The zero-order chi connectivity index (χ0) is 15.6. The first-order valence-electron chi connectivity index (χ1n) is 6.82. The smallest absolute Gasteiger partial charge is 0.322 e. The van der Waals surface area contributed by atoms with Gasteiger partial charge in [0.15, 0.2) is 0 Å². The molecule has 21 heavy (non-hydrogen) atoms. The predicted molar refractivity (Wildman–Crippen MR) is 82.8 cm³/mol. The van der Waals surface area contributed by atoms with Crippen LogP contribution in [0.15, 0.2) is 29.2 Å². The van der Waals surface area contributed by atoms with Gasteiger partial charge in [0, 0.05) is 5.75 Å². The Morgan fingerprint density at radius 3 is 2.52 bits per heavy atom. The number of rotatable bonds is 5. The van der Waals surface area contributed by atoms with Crippen molar-refractivity contribution in [1.82, 2.24) is 4.31 Å². The van der Waals surface area contributed by atoms with Crippen molar-refractivity contribution in [2.45, 2.75) is 43.0 Å². The fraction of sp³-hybridized carbons (Fsp3) is 0.500. The van der Waals surface area contributed by atoms with Crippen LogP contribution < -0.4 is 0 Å². The van der Waals surface area contributed by atoms with Crippen molar-refractivity contribution < 1.29 is 18.3 Å². The van der Waals surface area contributed by atoms with Crippen molar-refractivity contribution >= 4 is 27.8 Å². The molecule has 0 saturated carbocycles. The molecule has 2 atom stereocenters. The summed E-state index contributed by atoms with van der Waals surface area (Å²) >= 11 is 1.40. The molecule has 0 spiro atoms. The Balaban J connectivity index is 2.42. The molecule has 1 aliphatic rings. The molecule has 1 N–H and O–H groups in total. The Labute approximate surface area is 129 Å². The second kappa shape index (κ2) is 6.37. The van der Waals surface area contributed by atoms with E-state index < -0.39 is 22.0 Å². The van der Waals surface area contributed by atoms with Crippen LogP contribution in [0.1, 0.15) is 25.3 Å². The van der Waals surface area contributed by atoms with Gasteiger partial charge in [-0.3, -0.25) is 4.79 Å². The molecule has 1 aromatic rings. The van der Waals surface area contributed by atoms with E-state index in [4.69, 9.17) is 0 Å². The van der Waals surface area contributed by atoms with E-state index in [1.54, 1.807) is 12.1 Å². The van der Waals surface area contributed by atoms with Crippen molar-refractivity contribution in [2.75, 3.05) is 5.75 Å². The van der Waals surface area contributed by atoms with Crippen LogP contribution >= 0.6 is 11.8 Å². The van der Waals surface area contributed by atoms with Gasteiger partial charge in [-0.25, -0.2) is 8.42 Å². The average molecular weight is 329 g/mol. The van der Waals surface area contributed by atoms with E-state index in [1.165, 1.54) is 28.2 Å². The third-order valence-corrected chi connectivity index (χ3v) is 6.88. The first-order valence-corrected chi connectivity index (χ1v) is 9.31. The van der Waals surface area contributed by atoms with E-state index in [0.717, 1.165) is 12.0 Å². The van der Waals surface area contributed by atoms with Gasteiger partial charge in [0.2, 0.25) is 10.0 Å². The monoisotopic (exact) mass is 329 g/mol. The third-order valence-electron chi connectivity index (χ3n) is 3.45. The van der Waals surface area contributed by atoms with Gasteiger partial charge in [-0.05, 0) is 25.5 Å². The zero-order valence-electron chi connectivity index (χ0n) is 12.0. The van der Waals surface area contributed by atoms with E-state index in [2.05, 4.69) is 0 Å². The number of aryl methyl sites for hydroxylation is 1. The predicted octanol–water partition coefficient (Wildman–Crippen LogP) is 2.31. The normalized spacial score (nSPS) is 23.3. The lowest BCUT2D eigenvalue weighted by Gasteiger charge is -2.26. The molecule has 5 nitrogen and oxygen atoms in total. The highest BCUT2D eigenvalue weighted by Gasteiger charge is 2.45. The lowest BCUT2D eigenvalue weighted by Crippen LogP contribution is -2.45. The Morgan fingerprint density at radius 1 is 1.38 bits per heavy atom. The van der Waals surface area contributed by atoms with E-state index in [-0.39, 0.29) is 10.3 Å². The van der Waals surface area contributed by atoms with Crippen LogP contribution in [-0.4, -0.2) is 41.0 Å². The maximum atomic E-state index is 12.8. The first kappa shape index (κ1) is 16.3. The van der Waals surface area contributed by atoms with Crippen LogP contribution in [0, 0.1) is 6.92 Å². The van der Waals surface area contributed by atoms with Gasteiger partial charge in [-0.1, -0.05) is 31.0 Å². The SMILES string of the molecule is CCCC1SCC(C(=O)O)N1S(=O)(=O)c1ccc(C)cc1. The van der Waals surface area contributed by atoms with Gasteiger partial charge in [-0.2, -0.15) is 4.31 Å². The maximum absolute atomic E-state index is 12.8. The van der Waals surface area contributed by atoms with Crippen molar-refractivity contribution in [3.05, 3.63) is 29.8 Å². The topological polar surface area (TPSA) is 74.7 Å². The van der Waals surface area contributed by atoms with Gasteiger partial charge in [0.05, 0.1) is 10.3 Å². The average Bonchev–Trinajstić information content (AvgIpc) is 2.84. The van der Waals surface area contributed by atoms with Gasteiger partial charge in [-0.15, -0.1) is 11.8 Å². The molecule has 0 bridgehead atoms. The Hall–Kier alpha value is -1.05. The molecule has 0 aromatic heterocycles. The summed E-state index contributed by atoms with van der Waals surface area (Å²) in [6, 6.07) is 5.53. The number of benzene rings is 1. The van der Waals surface area contributed by atoms with Crippen molar-refractivity contribution in [3.63, 3.8) is 0 Å². The summed E-state index contributed by atoms with van der Waals surface area (Å²) in [6.45, 7) is 3.84. The van der Waals surface area contributed by atoms with Crippen molar-refractivity contribution in [1.29, 1.82) is 0 Å². The lowest BCUT2D eigenvalue weighted by atomic mass is 10.2. The molecule has 1 heterocycles. The Morgan fingerprint density at radius 2 is 2.00 bits per heavy atom. The molecular weight excluding hydrogens is 310 g/mol. The van der Waals surface area contributed by atoms with E-state index >= 15 is 0 Å². The van der Waals surface area contributed by atoms with Gasteiger partial charge >= 0.3 is 5.97 Å². The third kappa shape index (κ3) is 3.25. The number of sulfonamides is 1. The van der Waals surface area contributed by atoms with Gasteiger partial charge in [0.25, 0.3) is 0 Å². The van der Waals surface area contributed by atoms with E-state index in [9.17, 15) is 18.3 Å². The van der Waals surface area contributed by atoms with Gasteiger partial charge < -0.3 is 5.11 Å². The molecule has 0 amide bonds. The van der Waals surface area contributed by atoms with E-state index in [0.29, 0.717) is 12.2 Å². The second-order valence-corrected chi connectivity index (χ2v) is 8.13. The number of thioether (sulfide) groups is 1. The lowest BCUT2D eigenvalue weighted by molar-refractivity contribution is -0.140. The number of carbonyl (C=O) groups is 1. The summed E-state index contributed by atoms with van der Waals surface area (Å²) in [4.78, 5) is 11.5. The largest absolute Gasteiger partial charge is 0.480 e. The number of hydrogen-bond acceptors (Lipinski definition) is 4. The standard InChI is InChI=1S/C14H19NO4S2/c1-3-4-13-15(12(9-20-13)14(16)17)21(18,19)11-7-5-10(2)6-8-11/h5-8,12-13H,3-4,9H2,1-2H3,(H,16,17). The van der Waals surface area contributed by atoms with Crippen LogP contribution in [0.3, 0.4) is 0 Å². The Bertz CT molecular complexity index is 612. The number of carboxylic acid groups (broad SMARTS) is 1. The number of carboxylic acids is 1. The van der Waals surface area contributed by atoms with Crippen LogP contribution in [0.25, 0.3) is 0 Å². The molecule has 0 radical (unpaired) electrons. The number of nitrogens with zero attached hydrogens (tertiary/aromatic N) is 1. The molecular formula is C14H19NO4S2. The molecule has 1 aliphatic heterocycles. The fourth-order valence-corrected chi connectivity index (χ4v) is 6.00. The van der Waals surface area contributed by atoms with Crippen LogP contribution in [0.5, 0.6) is 0 Å². The molecule has 0 aliphatic carbocycles. The van der Waals surface area contributed by atoms with Gasteiger partial charge in [0.1, 0.15) is 6.04 Å². The van der Waals surface area contributed by atoms with Crippen molar-refractivity contribution in [2.24, 2.45) is 0 Å². The molecule has 1 fully saturated rings. The fourth-order valence-electron chi connectivity index (χ4n) is 2.34. The van der Waals surface area contributed by atoms with Crippen LogP contribution in [-0.2, 0) is 14.8 Å². The molecule has 116 valence electrons. The second-order valence-electron chi connectivity index (χ2n) is 5.08. The maximum Gasteiger partial charge on any atom is 0.322 e. The molecule has 7 heteroatoms. The first-order chi connectivity index (χ1) is 9.87. The zero-order valence-corrected chi connectivity index (χ0v) is 13.7. The molecule has 1 saturated heterocycles. The highest BCUT2D eigenvalue weighted by atomic mass is 32.2. The van der Waals surface area contributed by atoms with Crippen LogP contribution in [0.2, 0.25) is 0 Å². The summed E-state index contributed by atoms with van der Waals surface area (Å²) in [5.74, 6) is -0.790. The minimum atomic E-state index is -3.79.